The molecule has 0 radical (unpaired) electrons. The van der Waals surface area contributed by atoms with Gasteiger partial charge in [0.25, 0.3) is 5.91 Å². The fourth-order valence-corrected chi connectivity index (χ4v) is 2.59. The number of carbonyl (C=O) groups is 3. The molecule has 0 saturated heterocycles. The highest BCUT2D eigenvalue weighted by atomic mass is 16.5. The number of nitrogens with zero attached hydrogens (tertiary/aromatic N) is 1. The number of carbonyl (C=O) groups excluding carboxylic acids is 3. The van der Waals surface area contributed by atoms with Gasteiger partial charge in [0.1, 0.15) is 11.5 Å². The van der Waals surface area contributed by atoms with Gasteiger partial charge in [0.15, 0.2) is 0 Å². The Bertz CT molecular complexity index is 1080. The van der Waals surface area contributed by atoms with Gasteiger partial charge in [-0.2, -0.15) is 5.10 Å². The number of benzene rings is 2. The first-order chi connectivity index (χ1) is 14.5. The van der Waals surface area contributed by atoms with Crippen molar-refractivity contribution in [1.82, 2.24) is 5.43 Å². The van der Waals surface area contributed by atoms with Crippen molar-refractivity contribution in [2.24, 2.45) is 5.10 Å². The second-order valence-corrected chi connectivity index (χ2v) is 6.23. The third-order valence-electron chi connectivity index (χ3n) is 4.04. The van der Waals surface area contributed by atoms with Crippen molar-refractivity contribution >= 4 is 29.7 Å². The molecule has 0 saturated carbocycles. The van der Waals surface area contributed by atoms with Crippen LogP contribution in [0.4, 0.5) is 5.69 Å². The van der Waals surface area contributed by atoms with Crippen LogP contribution in [0.25, 0.3) is 11.3 Å². The summed E-state index contributed by atoms with van der Waals surface area (Å²) in [4.78, 5) is 34.6. The first-order valence-corrected chi connectivity index (χ1v) is 8.96. The number of esters is 1. The van der Waals surface area contributed by atoms with E-state index >= 15 is 0 Å². The minimum atomic E-state index is -0.408. The first kappa shape index (κ1) is 20.5. The van der Waals surface area contributed by atoms with Gasteiger partial charge >= 0.3 is 5.97 Å². The van der Waals surface area contributed by atoms with E-state index in [1.165, 1.54) is 20.2 Å². The number of hydrazone groups is 1. The number of furan rings is 1. The smallest absolute Gasteiger partial charge is 0.337 e. The Hall–Kier alpha value is -4.20. The van der Waals surface area contributed by atoms with Crippen LogP contribution < -0.4 is 10.7 Å². The van der Waals surface area contributed by atoms with E-state index in [2.05, 4.69) is 20.6 Å². The number of hydrogen-bond acceptors (Lipinski definition) is 6. The maximum absolute atomic E-state index is 12.1. The summed E-state index contributed by atoms with van der Waals surface area (Å²) in [6.45, 7) is 1.41. The number of rotatable bonds is 6. The largest absolute Gasteiger partial charge is 0.465 e. The Labute approximate surface area is 172 Å². The quantitative estimate of drug-likeness (QED) is 0.371. The third kappa shape index (κ3) is 5.20. The molecule has 2 aromatic carbocycles. The van der Waals surface area contributed by atoms with Gasteiger partial charge < -0.3 is 14.5 Å². The first-order valence-electron chi connectivity index (χ1n) is 8.96. The summed E-state index contributed by atoms with van der Waals surface area (Å²) in [5.74, 6) is 0.0465. The van der Waals surface area contributed by atoms with Gasteiger partial charge in [-0.25, -0.2) is 10.2 Å². The second-order valence-electron chi connectivity index (χ2n) is 6.23. The van der Waals surface area contributed by atoms with E-state index in [0.29, 0.717) is 28.3 Å². The molecule has 1 aromatic heterocycles. The topological polar surface area (TPSA) is 110 Å². The summed E-state index contributed by atoms with van der Waals surface area (Å²) in [7, 11) is 1.33. The van der Waals surface area contributed by atoms with Crippen LogP contribution in [-0.4, -0.2) is 31.1 Å². The lowest BCUT2D eigenvalue weighted by Crippen LogP contribution is -2.17. The lowest BCUT2D eigenvalue weighted by atomic mass is 10.1. The van der Waals surface area contributed by atoms with Crippen molar-refractivity contribution in [2.75, 3.05) is 12.4 Å². The van der Waals surface area contributed by atoms with Crippen LogP contribution in [0.5, 0.6) is 0 Å². The van der Waals surface area contributed by atoms with Gasteiger partial charge in [-0.05, 0) is 48.5 Å². The van der Waals surface area contributed by atoms with E-state index in [1.54, 1.807) is 60.7 Å². The van der Waals surface area contributed by atoms with Crippen molar-refractivity contribution in [3.05, 3.63) is 77.6 Å². The zero-order valence-electron chi connectivity index (χ0n) is 16.3. The van der Waals surface area contributed by atoms with Gasteiger partial charge in [0.05, 0.1) is 18.9 Å². The zero-order chi connectivity index (χ0) is 21.5. The van der Waals surface area contributed by atoms with Crippen molar-refractivity contribution in [1.29, 1.82) is 0 Å². The van der Waals surface area contributed by atoms with Crippen LogP contribution in [0, 0.1) is 0 Å². The average Bonchev–Trinajstić information content (AvgIpc) is 3.22. The lowest BCUT2D eigenvalue weighted by Gasteiger charge is -2.03. The Morgan fingerprint density at radius 3 is 2.23 bits per heavy atom. The summed E-state index contributed by atoms with van der Waals surface area (Å²) in [5, 5.41) is 6.52. The molecule has 8 heteroatoms. The molecule has 0 aliphatic carbocycles. The summed E-state index contributed by atoms with van der Waals surface area (Å²) >= 11 is 0. The van der Waals surface area contributed by atoms with Gasteiger partial charge in [0, 0.05) is 23.7 Å². The molecule has 2 amide bonds. The maximum atomic E-state index is 12.1. The third-order valence-corrected chi connectivity index (χ3v) is 4.04. The van der Waals surface area contributed by atoms with Crippen LogP contribution in [0.3, 0.4) is 0 Å². The van der Waals surface area contributed by atoms with E-state index < -0.39 is 11.9 Å². The lowest BCUT2D eigenvalue weighted by molar-refractivity contribution is -0.114. The van der Waals surface area contributed by atoms with Gasteiger partial charge in [-0.1, -0.05) is 12.1 Å². The molecule has 30 heavy (non-hydrogen) atoms. The summed E-state index contributed by atoms with van der Waals surface area (Å²) in [5.41, 5.74) is 4.64. The van der Waals surface area contributed by atoms with E-state index in [9.17, 15) is 14.4 Å². The molecule has 0 unspecified atom stereocenters. The molecule has 2 N–H and O–H groups in total. The van der Waals surface area contributed by atoms with Crippen LogP contribution in [0.2, 0.25) is 0 Å². The molecule has 0 aliphatic heterocycles. The van der Waals surface area contributed by atoms with Crippen LogP contribution in [-0.2, 0) is 9.53 Å². The number of methoxy groups -OCH3 is 1. The van der Waals surface area contributed by atoms with Gasteiger partial charge in [0.2, 0.25) is 5.91 Å². The Balaban J connectivity index is 1.59. The average molecular weight is 405 g/mol. The predicted molar refractivity (Wildman–Crippen MR) is 111 cm³/mol. The fraction of sp³-hybridized carbons (Fsp3) is 0.0909. The van der Waals surface area contributed by atoms with Crippen molar-refractivity contribution in [3.63, 3.8) is 0 Å². The highest BCUT2D eigenvalue weighted by Gasteiger charge is 2.08. The molecular formula is C22H19N3O5. The fourth-order valence-electron chi connectivity index (χ4n) is 2.59. The molecule has 3 aromatic rings. The molecule has 8 nitrogen and oxygen atoms in total. The number of ether oxygens (including phenoxy) is 1. The van der Waals surface area contributed by atoms with Gasteiger partial charge in [-0.3, -0.25) is 9.59 Å². The number of anilines is 1. The predicted octanol–water partition coefficient (Wildman–Crippen LogP) is 3.46. The molecule has 0 bridgehead atoms. The molecule has 3 rings (SSSR count). The Kier molecular flexibility index (Phi) is 6.39. The number of hydrogen-bond donors (Lipinski definition) is 2. The minimum absolute atomic E-state index is 0.186. The zero-order valence-corrected chi connectivity index (χ0v) is 16.3. The highest BCUT2D eigenvalue weighted by Crippen LogP contribution is 2.22. The van der Waals surface area contributed by atoms with Crippen molar-refractivity contribution in [2.45, 2.75) is 6.92 Å². The normalized spacial score (nSPS) is 10.6. The minimum Gasteiger partial charge on any atom is -0.465 e. The SMILES string of the molecule is COC(=O)c1ccc(-c2ccc(C=NNC(=O)c3ccc(NC(C)=O)cc3)o2)cc1. The molecule has 0 aliphatic rings. The molecule has 152 valence electrons. The van der Waals surface area contributed by atoms with E-state index in [0.717, 1.165) is 5.56 Å². The maximum Gasteiger partial charge on any atom is 0.337 e. The number of amides is 2. The molecular weight excluding hydrogens is 386 g/mol. The van der Waals surface area contributed by atoms with Gasteiger partial charge in [-0.15, -0.1) is 0 Å². The highest BCUT2D eigenvalue weighted by molar-refractivity contribution is 5.96. The van der Waals surface area contributed by atoms with E-state index in [4.69, 9.17) is 4.42 Å². The van der Waals surface area contributed by atoms with Crippen molar-refractivity contribution in [3.8, 4) is 11.3 Å². The van der Waals surface area contributed by atoms with Crippen LogP contribution in [0.15, 0.2) is 70.2 Å². The second kappa shape index (κ2) is 9.33. The monoisotopic (exact) mass is 405 g/mol. The van der Waals surface area contributed by atoms with E-state index in [-0.39, 0.29) is 5.91 Å². The van der Waals surface area contributed by atoms with Crippen molar-refractivity contribution < 1.29 is 23.5 Å². The van der Waals surface area contributed by atoms with Crippen LogP contribution >= 0.6 is 0 Å². The molecule has 1 heterocycles. The van der Waals surface area contributed by atoms with E-state index in [1.807, 2.05) is 0 Å². The van der Waals surface area contributed by atoms with Crippen LogP contribution in [0.1, 0.15) is 33.4 Å². The molecule has 0 fully saturated rings. The standard InChI is InChI=1S/C22H19N3O5/c1-14(26)24-18-9-7-16(8-10-18)21(27)25-23-13-19-11-12-20(30-19)15-3-5-17(6-4-15)22(28)29-2/h3-13H,1-2H3,(H,24,26)(H,25,27). The Morgan fingerprint density at radius 1 is 0.933 bits per heavy atom. The Morgan fingerprint density at radius 2 is 1.60 bits per heavy atom. The molecule has 0 atom stereocenters. The summed E-state index contributed by atoms with van der Waals surface area (Å²) in [6.07, 6.45) is 1.38. The summed E-state index contributed by atoms with van der Waals surface area (Å²) in [6, 6.07) is 16.7. The number of nitrogens with one attached hydrogen (secondary N) is 2. The summed E-state index contributed by atoms with van der Waals surface area (Å²) < 4.78 is 10.4. The molecule has 0 spiro atoms.